The van der Waals surface area contributed by atoms with Gasteiger partial charge < -0.3 is 40.2 Å². The molecule has 1 amide bonds. The van der Waals surface area contributed by atoms with Gasteiger partial charge in [-0.15, -0.1) is 0 Å². The summed E-state index contributed by atoms with van der Waals surface area (Å²) >= 11 is 6.58. The molecule has 0 saturated carbocycles. The number of carbonyl (C=O) groups excluding carboxylic acids is 1. The fourth-order valence-electron chi connectivity index (χ4n) is 5.28. The summed E-state index contributed by atoms with van der Waals surface area (Å²) in [7, 11) is 1.73. The number of likely N-dealkylation sites (N-methyl/N-ethyl adjacent to an activating group) is 1. The molecule has 4 rings (SSSR count). The molecule has 1 aromatic heterocycles. The summed E-state index contributed by atoms with van der Waals surface area (Å²) < 4.78 is 35.2. The molecule has 2 saturated heterocycles. The Morgan fingerprint density at radius 1 is 1.21 bits per heavy atom. The second-order valence-corrected chi connectivity index (χ2v) is 11.2. The van der Waals surface area contributed by atoms with E-state index in [0.717, 1.165) is 0 Å². The smallest absolute Gasteiger partial charge is 0.410 e. The van der Waals surface area contributed by atoms with Gasteiger partial charge in [0.1, 0.15) is 30.0 Å². The number of amides is 1. The number of aliphatic hydroxyl groups is 2. The van der Waals surface area contributed by atoms with Gasteiger partial charge in [0, 0.05) is 55.0 Å². The lowest BCUT2D eigenvalue weighted by Gasteiger charge is -2.60. The minimum atomic E-state index is -2.72. The van der Waals surface area contributed by atoms with Crippen LogP contribution < -0.4 is 15.0 Å². The number of anilines is 1. The first-order valence-electron chi connectivity index (χ1n) is 13.4. The number of ether oxygens (including phenoxy) is 2. The molecule has 0 radical (unpaired) electrons. The van der Waals surface area contributed by atoms with Crippen LogP contribution in [0.15, 0.2) is 24.0 Å². The van der Waals surface area contributed by atoms with E-state index in [9.17, 15) is 23.8 Å². The minimum Gasteiger partial charge on any atom is -0.512 e. The predicted octanol–water partition coefficient (Wildman–Crippen LogP) is 3.92. The first-order valence-corrected chi connectivity index (χ1v) is 13.8. The van der Waals surface area contributed by atoms with Crippen LogP contribution in [0.4, 0.5) is 19.4 Å². The van der Waals surface area contributed by atoms with Crippen LogP contribution in [0.25, 0.3) is 17.0 Å². The number of alkyl halides is 2. The van der Waals surface area contributed by atoms with Gasteiger partial charge in [-0.2, -0.15) is 0 Å². The third-order valence-corrected chi connectivity index (χ3v) is 7.48. The van der Waals surface area contributed by atoms with Gasteiger partial charge in [0.2, 0.25) is 0 Å². The monoisotopic (exact) mass is 608 g/mol. The maximum absolute atomic E-state index is 12.4. The SMILES string of the molecule is CNC[C@@H](O)COc1ccc(Cl)c(-c2nc(/C(C(C)=N)=C(\C)O)c(C)c(N3CC4(CN(C(=O)OCC(F)F)C4)C3)n2)c1. The number of benzene rings is 1. The zero-order valence-corrected chi connectivity index (χ0v) is 24.6. The number of hydrogen-bond donors (Lipinski definition) is 4. The van der Waals surface area contributed by atoms with Crippen molar-refractivity contribution in [3.63, 3.8) is 0 Å². The van der Waals surface area contributed by atoms with E-state index in [0.29, 0.717) is 66.1 Å². The molecule has 228 valence electrons. The highest BCUT2D eigenvalue weighted by Crippen LogP contribution is 2.44. The van der Waals surface area contributed by atoms with Crippen LogP contribution in [0, 0.1) is 17.7 Å². The van der Waals surface area contributed by atoms with Crippen molar-refractivity contribution in [2.75, 3.05) is 57.9 Å². The molecule has 1 spiro atoms. The molecule has 0 unspecified atom stereocenters. The van der Waals surface area contributed by atoms with E-state index in [4.69, 9.17) is 31.7 Å². The molecule has 0 bridgehead atoms. The minimum absolute atomic E-state index is 0.0549. The van der Waals surface area contributed by atoms with Crippen LogP contribution in [0.2, 0.25) is 5.02 Å². The molecular weight excluding hydrogens is 574 g/mol. The van der Waals surface area contributed by atoms with Gasteiger partial charge in [-0.1, -0.05) is 11.6 Å². The van der Waals surface area contributed by atoms with E-state index in [2.05, 4.69) is 10.1 Å². The van der Waals surface area contributed by atoms with Crippen molar-refractivity contribution in [2.45, 2.75) is 33.3 Å². The maximum atomic E-state index is 12.4. The average Bonchev–Trinajstić information content (AvgIpc) is 2.87. The first-order chi connectivity index (χ1) is 19.8. The number of rotatable bonds is 11. The zero-order valence-electron chi connectivity index (χ0n) is 23.9. The molecule has 14 heteroatoms. The average molecular weight is 609 g/mol. The second kappa shape index (κ2) is 12.8. The number of hydrogen-bond acceptors (Lipinski definition) is 10. The van der Waals surface area contributed by atoms with E-state index in [1.165, 1.54) is 11.8 Å². The Hall–Kier alpha value is -3.55. The molecule has 2 aromatic rings. The summed E-state index contributed by atoms with van der Waals surface area (Å²) in [5.74, 6) is 1.21. The molecule has 11 nitrogen and oxygen atoms in total. The van der Waals surface area contributed by atoms with Crippen LogP contribution in [-0.2, 0) is 4.74 Å². The maximum Gasteiger partial charge on any atom is 0.410 e. The molecule has 2 aliphatic heterocycles. The Morgan fingerprint density at radius 2 is 1.90 bits per heavy atom. The van der Waals surface area contributed by atoms with Gasteiger partial charge in [0.25, 0.3) is 6.43 Å². The molecule has 4 N–H and O–H groups in total. The van der Waals surface area contributed by atoms with Gasteiger partial charge in [0.15, 0.2) is 12.4 Å². The van der Waals surface area contributed by atoms with E-state index in [1.54, 1.807) is 32.2 Å². The molecule has 42 heavy (non-hydrogen) atoms. The van der Waals surface area contributed by atoms with Crippen molar-refractivity contribution < 1.29 is 33.3 Å². The van der Waals surface area contributed by atoms with Crippen molar-refractivity contribution in [1.82, 2.24) is 20.2 Å². The van der Waals surface area contributed by atoms with E-state index in [-0.39, 0.29) is 34.9 Å². The third kappa shape index (κ3) is 6.74. The topological polar surface area (TPSA) is 144 Å². The zero-order chi connectivity index (χ0) is 30.8. The number of allylic oxidation sites excluding steroid dienone is 2. The molecule has 1 aromatic carbocycles. The Labute approximate surface area is 247 Å². The summed E-state index contributed by atoms with van der Waals surface area (Å²) in [6.07, 6.45) is -4.19. The van der Waals surface area contributed by atoms with Gasteiger partial charge in [-0.3, -0.25) is 0 Å². The fraction of sp³-hybridized carbons (Fsp3) is 0.500. The van der Waals surface area contributed by atoms with Crippen LogP contribution in [0.5, 0.6) is 5.75 Å². The fourth-order valence-corrected chi connectivity index (χ4v) is 5.48. The van der Waals surface area contributed by atoms with Crippen LogP contribution in [-0.4, -0.2) is 102 Å². The van der Waals surface area contributed by atoms with E-state index in [1.807, 2.05) is 11.8 Å². The van der Waals surface area contributed by atoms with Crippen molar-refractivity contribution >= 4 is 34.8 Å². The van der Waals surface area contributed by atoms with Crippen molar-refractivity contribution in [3.8, 4) is 17.1 Å². The Balaban J connectivity index is 1.63. The van der Waals surface area contributed by atoms with Crippen LogP contribution in [0.3, 0.4) is 0 Å². The van der Waals surface area contributed by atoms with Gasteiger partial charge in [0.05, 0.1) is 16.3 Å². The number of halogens is 3. The van der Waals surface area contributed by atoms with Crippen LogP contribution in [0.1, 0.15) is 25.1 Å². The van der Waals surface area contributed by atoms with Gasteiger partial charge >= 0.3 is 6.09 Å². The molecule has 2 fully saturated rings. The highest BCUT2D eigenvalue weighted by molar-refractivity contribution is 6.33. The lowest BCUT2D eigenvalue weighted by atomic mass is 9.73. The molecule has 3 heterocycles. The lowest BCUT2D eigenvalue weighted by Crippen LogP contribution is -2.73. The number of carbonyl (C=O) groups is 1. The van der Waals surface area contributed by atoms with E-state index < -0.39 is 25.2 Å². The van der Waals surface area contributed by atoms with Gasteiger partial charge in [-0.05, 0) is 46.0 Å². The Kier molecular flexibility index (Phi) is 9.53. The van der Waals surface area contributed by atoms with Crippen molar-refractivity contribution in [2.24, 2.45) is 5.41 Å². The normalized spacial score (nSPS) is 17.0. The number of nitrogens with zero attached hydrogens (tertiary/aromatic N) is 4. The lowest BCUT2D eigenvalue weighted by molar-refractivity contribution is -0.0341. The molecule has 2 aliphatic rings. The number of aromatic nitrogens is 2. The standard InChI is InChI=1S/C28H35ClF2N6O5/c1-15-24(23(16(2)32)17(3)38)34-25(20-7-19(5-6-21(20)29)41-9-18(39)8-33-4)35-26(15)36-11-28(12-36)13-37(14-28)27(40)42-10-22(30)31/h5-7,18,22,32-33,38-39H,8-14H2,1-4H3/b23-17+,32-16?/t18-/m1/s1. The number of likely N-dealkylation sites (tertiary alicyclic amines) is 1. The van der Waals surface area contributed by atoms with Crippen molar-refractivity contribution in [1.29, 1.82) is 5.41 Å². The Morgan fingerprint density at radius 3 is 2.50 bits per heavy atom. The summed E-state index contributed by atoms with van der Waals surface area (Å²) in [4.78, 5) is 25.0. The highest BCUT2D eigenvalue weighted by Gasteiger charge is 2.54. The number of nitrogens with one attached hydrogen (secondary N) is 2. The Bertz CT molecular complexity index is 1370. The van der Waals surface area contributed by atoms with Crippen molar-refractivity contribution in [3.05, 3.63) is 40.2 Å². The molecule has 1 atom stereocenters. The first kappa shape index (κ1) is 31.4. The molecular formula is C28H35ClF2N6O5. The second-order valence-electron chi connectivity index (χ2n) is 10.8. The van der Waals surface area contributed by atoms with E-state index >= 15 is 0 Å². The summed E-state index contributed by atoms with van der Waals surface area (Å²) in [5, 5.41) is 32.0. The summed E-state index contributed by atoms with van der Waals surface area (Å²) in [6, 6.07) is 4.99. The highest BCUT2D eigenvalue weighted by atomic mass is 35.5. The molecule has 0 aliphatic carbocycles. The third-order valence-electron chi connectivity index (χ3n) is 7.15. The summed E-state index contributed by atoms with van der Waals surface area (Å²) in [5.41, 5.74) is 1.65. The predicted molar refractivity (Wildman–Crippen MR) is 155 cm³/mol. The largest absolute Gasteiger partial charge is 0.512 e. The quantitative estimate of drug-likeness (QED) is 0.220. The number of aliphatic hydroxyl groups excluding tert-OH is 2. The summed E-state index contributed by atoms with van der Waals surface area (Å²) in [6.45, 7) is 6.18. The van der Waals surface area contributed by atoms with Crippen LogP contribution >= 0.6 is 11.6 Å². The van der Waals surface area contributed by atoms with Gasteiger partial charge in [-0.25, -0.2) is 23.5 Å².